The number of aromatic nitrogens is 2. The zero-order chi connectivity index (χ0) is 12.4. The normalized spacial score (nSPS) is 10.3. The highest BCUT2D eigenvalue weighted by molar-refractivity contribution is 9.10. The number of carbonyl (C=O) groups is 1. The van der Waals surface area contributed by atoms with Gasteiger partial charge in [0.2, 0.25) is 0 Å². The highest BCUT2D eigenvalue weighted by atomic mass is 79.9. The predicted molar refractivity (Wildman–Crippen MR) is 67.7 cm³/mol. The fourth-order valence-electron chi connectivity index (χ4n) is 1.52. The molecule has 0 aliphatic rings. The summed E-state index contributed by atoms with van der Waals surface area (Å²) in [6.45, 7) is 0. The molecule has 0 N–H and O–H groups in total. The maximum Gasteiger partial charge on any atom is 0.356 e. The van der Waals surface area contributed by atoms with Crippen LogP contribution in [0.5, 0.6) is 0 Å². The summed E-state index contributed by atoms with van der Waals surface area (Å²) in [6, 6.07) is 9.46. The number of hydrogen-bond donors (Lipinski definition) is 0. The van der Waals surface area contributed by atoms with E-state index in [1.807, 2.05) is 24.3 Å². The summed E-state index contributed by atoms with van der Waals surface area (Å²) in [5.41, 5.74) is 2.14. The number of halogens is 1. The van der Waals surface area contributed by atoms with Crippen molar-refractivity contribution in [2.75, 3.05) is 7.11 Å². The minimum atomic E-state index is -0.386. The Morgan fingerprint density at radius 1 is 1.35 bits per heavy atom. The summed E-state index contributed by atoms with van der Waals surface area (Å²) in [7, 11) is 3.07. The van der Waals surface area contributed by atoms with Crippen LogP contribution in [0.1, 0.15) is 10.5 Å². The number of aryl methyl sites for hydroxylation is 1. The Bertz CT molecular complexity index is 546. The topological polar surface area (TPSA) is 44.1 Å². The lowest BCUT2D eigenvalue weighted by Crippen LogP contribution is -2.07. The van der Waals surface area contributed by atoms with E-state index >= 15 is 0 Å². The first-order valence-electron chi connectivity index (χ1n) is 5.00. The molecule has 1 heterocycles. The molecule has 0 saturated carbocycles. The lowest BCUT2D eigenvalue weighted by molar-refractivity contribution is 0.0588. The molecule has 4 nitrogen and oxygen atoms in total. The van der Waals surface area contributed by atoms with Crippen LogP contribution in [0, 0.1) is 0 Å². The van der Waals surface area contributed by atoms with Crippen molar-refractivity contribution in [3.05, 3.63) is 40.5 Å². The van der Waals surface area contributed by atoms with Gasteiger partial charge in [0.25, 0.3) is 0 Å². The van der Waals surface area contributed by atoms with Crippen LogP contribution in [-0.2, 0) is 11.8 Å². The van der Waals surface area contributed by atoms with Crippen LogP contribution in [0.4, 0.5) is 0 Å². The van der Waals surface area contributed by atoms with Crippen molar-refractivity contribution < 1.29 is 9.53 Å². The standard InChI is InChI=1S/C12H11BrN2O2/c1-15-11(12(16)17-2)7-10(14-15)8-3-5-9(13)6-4-8/h3-7H,1-2H3. The molecule has 0 spiro atoms. The van der Waals surface area contributed by atoms with E-state index in [9.17, 15) is 4.79 Å². The fraction of sp³-hybridized carbons (Fsp3) is 0.167. The Labute approximate surface area is 107 Å². The second kappa shape index (κ2) is 4.71. The molecule has 0 bridgehead atoms. The Morgan fingerprint density at radius 2 is 2.00 bits per heavy atom. The van der Waals surface area contributed by atoms with Crippen molar-refractivity contribution in [1.82, 2.24) is 9.78 Å². The van der Waals surface area contributed by atoms with Crippen LogP contribution in [-0.4, -0.2) is 22.9 Å². The molecule has 2 aromatic rings. The summed E-state index contributed by atoms with van der Waals surface area (Å²) >= 11 is 3.37. The van der Waals surface area contributed by atoms with Crippen LogP contribution in [0.15, 0.2) is 34.8 Å². The Balaban J connectivity index is 2.41. The van der Waals surface area contributed by atoms with E-state index in [0.29, 0.717) is 5.69 Å². The zero-order valence-corrected chi connectivity index (χ0v) is 11.1. The van der Waals surface area contributed by atoms with E-state index in [1.165, 1.54) is 11.8 Å². The smallest absolute Gasteiger partial charge is 0.356 e. The average molecular weight is 295 g/mol. The number of nitrogens with zero attached hydrogens (tertiary/aromatic N) is 2. The first kappa shape index (κ1) is 11.9. The van der Waals surface area contributed by atoms with Crippen molar-refractivity contribution in [2.24, 2.45) is 7.05 Å². The summed E-state index contributed by atoms with van der Waals surface area (Å²) in [4.78, 5) is 11.4. The average Bonchev–Trinajstić information content (AvgIpc) is 2.71. The van der Waals surface area contributed by atoms with Crippen molar-refractivity contribution in [3.8, 4) is 11.3 Å². The highest BCUT2D eigenvalue weighted by Crippen LogP contribution is 2.21. The molecule has 0 radical (unpaired) electrons. The van der Waals surface area contributed by atoms with Crippen molar-refractivity contribution in [1.29, 1.82) is 0 Å². The van der Waals surface area contributed by atoms with Crippen molar-refractivity contribution in [2.45, 2.75) is 0 Å². The Hall–Kier alpha value is -1.62. The quantitative estimate of drug-likeness (QED) is 0.800. The molecule has 5 heteroatoms. The van der Waals surface area contributed by atoms with Crippen LogP contribution in [0.25, 0.3) is 11.3 Å². The fourth-order valence-corrected chi connectivity index (χ4v) is 1.79. The summed E-state index contributed by atoms with van der Waals surface area (Å²) in [5.74, 6) is -0.386. The maximum atomic E-state index is 11.4. The number of carbonyl (C=O) groups excluding carboxylic acids is 1. The van der Waals surface area contributed by atoms with Crippen LogP contribution in [0.3, 0.4) is 0 Å². The van der Waals surface area contributed by atoms with E-state index in [2.05, 4.69) is 25.8 Å². The molecule has 1 aromatic carbocycles. The molecule has 0 aliphatic carbocycles. The molecule has 88 valence electrons. The highest BCUT2D eigenvalue weighted by Gasteiger charge is 2.14. The molecule has 0 saturated heterocycles. The van der Waals surface area contributed by atoms with Crippen LogP contribution < -0.4 is 0 Å². The summed E-state index contributed by atoms with van der Waals surface area (Å²) in [5, 5.41) is 4.28. The lowest BCUT2D eigenvalue weighted by atomic mass is 10.1. The van der Waals surface area contributed by atoms with Gasteiger partial charge in [-0.3, -0.25) is 4.68 Å². The van der Waals surface area contributed by atoms with Gasteiger partial charge < -0.3 is 4.74 Å². The van der Waals surface area contributed by atoms with E-state index < -0.39 is 0 Å². The molecule has 0 amide bonds. The van der Waals surface area contributed by atoms with Gasteiger partial charge in [-0.15, -0.1) is 0 Å². The second-order valence-electron chi connectivity index (χ2n) is 3.54. The number of benzene rings is 1. The Morgan fingerprint density at radius 3 is 2.59 bits per heavy atom. The van der Waals surface area contributed by atoms with Crippen molar-refractivity contribution in [3.63, 3.8) is 0 Å². The number of esters is 1. The van der Waals surface area contributed by atoms with E-state index in [4.69, 9.17) is 0 Å². The molecule has 17 heavy (non-hydrogen) atoms. The molecular formula is C12H11BrN2O2. The predicted octanol–water partition coefficient (Wildman–Crippen LogP) is 2.64. The molecule has 0 aliphatic heterocycles. The van der Waals surface area contributed by atoms with Gasteiger partial charge in [-0.05, 0) is 18.2 Å². The third-order valence-electron chi connectivity index (χ3n) is 2.41. The van der Waals surface area contributed by atoms with Gasteiger partial charge in [-0.2, -0.15) is 5.10 Å². The SMILES string of the molecule is COC(=O)c1cc(-c2ccc(Br)cc2)nn1C. The minimum absolute atomic E-state index is 0.386. The van der Waals surface area contributed by atoms with Crippen molar-refractivity contribution >= 4 is 21.9 Å². The first-order valence-corrected chi connectivity index (χ1v) is 5.79. The van der Waals surface area contributed by atoms with Gasteiger partial charge in [0.05, 0.1) is 12.8 Å². The molecule has 0 fully saturated rings. The van der Waals surface area contributed by atoms with Gasteiger partial charge in [0, 0.05) is 17.1 Å². The van der Waals surface area contributed by atoms with Gasteiger partial charge in [-0.1, -0.05) is 28.1 Å². The molecular weight excluding hydrogens is 284 g/mol. The first-order chi connectivity index (χ1) is 8.11. The van der Waals surface area contributed by atoms with E-state index in [1.54, 1.807) is 13.1 Å². The third kappa shape index (κ3) is 2.39. The molecule has 1 aromatic heterocycles. The van der Waals surface area contributed by atoms with E-state index in [-0.39, 0.29) is 5.97 Å². The monoisotopic (exact) mass is 294 g/mol. The minimum Gasteiger partial charge on any atom is -0.464 e. The Kier molecular flexibility index (Phi) is 3.28. The second-order valence-corrected chi connectivity index (χ2v) is 4.45. The molecule has 0 atom stereocenters. The van der Waals surface area contributed by atoms with Gasteiger partial charge in [0.15, 0.2) is 0 Å². The summed E-state index contributed by atoms with van der Waals surface area (Å²) in [6.07, 6.45) is 0. The number of ether oxygens (including phenoxy) is 1. The largest absolute Gasteiger partial charge is 0.464 e. The van der Waals surface area contributed by atoms with Gasteiger partial charge in [0.1, 0.15) is 5.69 Å². The van der Waals surface area contributed by atoms with Crippen LogP contribution in [0.2, 0.25) is 0 Å². The number of rotatable bonds is 2. The van der Waals surface area contributed by atoms with Gasteiger partial charge >= 0.3 is 5.97 Å². The van der Waals surface area contributed by atoms with Gasteiger partial charge in [-0.25, -0.2) is 4.79 Å². The molecule has 2 rings (SSSR count). The zero-order valence-electron chi connectivity index (χ0n) is 9.48. The van der Waals surface area contributed by atoms with E-state index in [0.717, 1.165) is 15.7 Å². The third-order valence-corrected chi connectivity index (χ3v) is 2.94. The number of hydrogen-bond acceptors (Lipinski definition) is 3. The maximum absolute atomic E-state index is 11.4. The molecule has 0 unspecified atom stereocenters. The summed E-state index contributed by atoms with van der Waals surface area (Å²) < 4.78 is 7.20. The van der Waals surface area contributed by atoms with Crippen LogP contribution >= 0.6 is 15.9 Å². The lowest BCUT2D eigenvalue weighted by Gasteiger charge is -1.96. The number of methoxy groups -OCH3 is 1.